The highest BCUT2D eigenvalue weighted by Crippen LogP contribution is 2.29. The molecule has 1 N–H and O–H groups in total. The van der Waals surface area contributed by atoms with Crippen molar-refractivity contribution in [2.24, 2.45) is 0 Å². The van der Waals surface area contributed by atoms with Gasteiger partial charge in [0, 0.05) is 18.8 Å². The smallest absolute Gasteiger partial charge is 0.108 e. The molecule has 0 spiro atoms. The molecule has 1 aromatic heterocycles. The predicted octanol–water partition coefficient (Wildman–Crippen LogP) is 3.36. The van der Waals surface area contributed by atoms with Crippen LogP contribution in [0.25, 0.3) is 0 Å². The Hall–Kier alpha value is -1.61. The lowest BCUT2D eigenvalue weighted by molar-refractivity contribution is 0.355. The Labute approximate surface area is 115 Å². The number of aromatic nitrogens is 2. The maximum absolute atomic E-state index is 4.45. The second kappa shape index (κ2) is 6.53. The van der Waals surface area contributed by atoms with E-state index in [1.54, 1.807) is 0 Å². The van der Waals surface area contributed by atoms with E-state index in [4.69, 9.17) is 0 Å². The topological polar surface area (TPSA) is 29.9 Å². The Kier molecular flexibility index (Phi) is 4.74. The van der Waals surface area contributed by atoms with Crippen molar-refractivity contribution >= 4 is 0 Å². The summed E-state index contributed by atoms with van der Waals surface area (Å²) in [5, 5.41) is 3.46. The van der Waals surface area contributed by atoms with Gasteiger partial charge in [0.2, 0.25) is 0 Å². The molecule has 0 aliphatic carbocycles. The van der Waals surface area contributed by atoms with Gasteiger partial charge in [0.15, 0.2) is 0 Å². The molecule has 19 heavy (non-hydrogen) atoms. The number of hydrogen-bond acceptors (Lipinski definition) is 2. The van der Waals surface area contributed by atoms with Gasteiger partial charge in [-0.15, -0.1) is 0 Å². The number of nitrogens with one attached hydrogen (secondary N) is 1. The zero-order valence-electron chi connectivity index (χ0n) is 12.0. The molecule has 2 rings (SSSR count). The van der Waals surface area contributed by atoms with Gasteiger partial charge in [-0.1, -0.05) is 44.2 Å². The quantitative estimate of drug-likeness (QED) is 0.860. The van der Waals surface area contributed by atoms with E-state index in [-0.39, 0.29) is 0 Å². The molecule has 2 aromatic rings. The third kappa shape index (κ3) is 2.87. The van der Waals surface area contributed by atoms with Crippen molar-refractivity contribution in [1.29, 1.82) is 0 Å². The summed E-state index contributed by atoms with van der Waals surface area (Å²) in [6.07, 6.45) is 6.04. The van der Waals surface area contributed by atoms with Crippen LogP contribution in [0, 0.1) is 0 Å². The van der Waals surface area contributed by atoms with Crippen molar-refractivity contribution in [3.8, 4) is 0 Å². The standard InChI is InChI=1S/C16H23N3/c1-4-14(19-12-11-18-15(19)5-2)16(17-3)13-9-7-6-8-10-13/h6-12,14,16-17H,4-5H2,1-3H3. The van der Waals surface area contributed by atoms with Crippen LogP contribution in [0.4, 0.5) is 0 Å². The molecule has 0 saturated carbocycles. The molecule has 2 atom stereocenters. The van der Waals surface area contributed by atoms with Gasteiger partial charge in [-0.05, 0) is 19.0 Å². The summed E-state index contributed by atoms with van der Waals surface area (Å²) in [5.74, 6) is 1.16. The van der Waals surface area contributed by atoms with E-state index in [1.807, 2.05) is 13.2 Å². The number of benzene rings is 1. The first kappa shape index (κ1) is 13.8. The summed E-state index contributed by atoms with van der Waals surface area (Å²) in [7, 11) is 2.03. The Morgan fingerprint density at radius 2 is 1.95 bits per heavy atom. The molecule has 1 aromatic carbocycles. The fourth-order valence-electron chi connectivity index (χ4n) is 2.75. The Morgan fingerprint density at radius 1 is 1.21 bits per heavy atom. The monoisotopic (exact) mass is 257 g/mol. The molecular formula is C16H23N3. The van der Waals surface area contributed by atoms with E-state index >= 15 is 0 Å². The molecule has 0 fully saturated rings. The number of likely N-dealkylation sites (N-methyl/N-ethyl adjacent to an activating group) is 1. The third-order valence-corrected chi connectivity index (χ3v) is 3.70. The van der Waals surface area contributed by atoms with Crippen LogP contribution >= 0.6 is 0 Å². The minimum atomic E-state index is 0.311. The lowest BCUT2D eigenvalue weighted by atomic mass is 9.97. The molecule has 3 heteroatoms. The average molecular weight is 257 g/mol. The van der Waals surface area contributed by atoms with Crippen LogP contribution in [0.2, 0.25) is 0 Å². The van der Waals surface area contributed by atoms with Gasteiger partial charge in [0.25, 0.3) is 0 Å². The predicted molar refractivity (Wildman–Crippen MR) is 79.2 cm³/mol. The Balaban J connectivity index is 2.34. The van der Waals surface area contributed by atoms with E-state index in [9.17, 15) is 0 Å². The van der Waals surface area contributed by atoms with E-state index in [0.717, 1.165) is 18.7 Å². The maximum Gasteiger partial charge on any atom is 0.108 e. The number of aryl methyl sites for hydroxylation is 1. The molecule has 3 nitrogen and oxygen atoms in total. The van der Waals surface area contributed by atoms with Crippen LogP contribution < -0.4 is 5.32 Å². The van der Waals surface area contributed by atoms with Crippen molar-refractivity contribution in [3.63, 3.8) is 0 Å². The summed E-state index contributed by atoms with van der Waals surface area (Å²) in [5.41, 5.74) is 1.33. The van der Waals surface area contributed by atoms with E-state index in [1.165, 1.54) is 5.56 Å². The highest BCUT2D eigenvalue weighted by atomic mass is 15.1. The van der Waals surface area contributed by atoms with E-state index in [0.29, 0.717) is 12.1 Å². The second-order valence-electron chi connectivity index (χ2n) is 4.76. The van der Waals surface area contributed by atoms with Gasteiger partial charge in [-0.25, -0.2) is 4.98 Å². The molecule has 0 aliphatic heterocycles. The number of nitrogens with zero attached hydrogens (tertiary/aromatic N) is 2. The Morgan fingerprint density at radius 3 is 2.53 bits per heavy atom. The van der Waals surface area contributed by atoms with Crippen molar-refractivity contribution in [2.75, 3.05) is 7.05 Å². The molecule has 0 saturated heterocycles. The first-order valence-corrected chi connectivity index (χ1v) is 7.05. The number of rotatable bonds is 6. The first-order chi connectivity index (χ1) is 9.31. The van der Waals surface area contributed by atoms with Gasteiger partial charge in [-0.2, -0.15) is 0 Å². The second-order valence-corrected chi connectivity index (χ2v) is 4.76. The van der Waals surface area contributed by atoms with Crippen LogP contribution in [0.1, 0.15) is 43.7 Å². The lowest BCUT2D eigenvalue weighted by Crippen LogP contribution is -2.28. The highest BCUT2D eigenvalue weighted by Gasteiger charge is 2.22. The van der Waals surface area contributed by atoms with Gasteiger partial charge >= 0.3 is 0 Å². The third-order valence-electron chi connectivity index (χ3n) is 3.70. The molecule has 0 bridgehead atoms. The number of hydrogen-bond donors (Lipinski definition) is 1. The van der Waals surface area contributed by atoms with Crippen molar-refractivity contribution in [1.82, 2.24) is 14.9 Å². The van der Waals surface area contributed by atoms with Gasteiger partial charge in [0.05, 0.1) is 12.1 Å². The molecular weight excluding hydrogens is 234 g/mol. The summed E-state index contributed by atoms with van der Waals surface area (Å²) in [6.45, 7) is 4.39. The molecule has 0 radical (unpaired) electrons. The molecule has 102 valence electrons. The fourth-order valence-corrected chi connectivity index (χ4v) is 2.75. The van der Waals surface area contributed by atoms with E-state index < -0.39 is 0 Å². The van der Waals surface area contributed by atoms with Crippen LogP contribution in [-0.2, 0) is 6.42 Å². The fraction of sp³-hybridized carbons (Fsp3) is 0.438. The number of imidazole rings is 1. The summed E-state index contributed by atoms with van der Waals surface area (Å²) in [4.78, 5) is 4.45. The van der Waals surface area contributed by atoms with E-state index in [2.05, 4.69) is 65.2 Å². The summed E-state index contributed by atoms with van der Waals surface area (Å²) >= 11 is 0. The van der Waals surface area contributed by atoms with Crippen LogP contribution in [0.3, 0.4) is 0 Å². The minimum Gasteiger partial charge on any atom is -0.330 e. The van der Waals surface area contributed by atoms with Crippen LogP contribution in [0.5, 0.6) is 0 Å². The lowest BCUT2D eigenvalue weighted by Gasteiger charge is -2.29. The maximum atomic E-state index is 4.45. The average Bonchev–Trinajstić information content (AvgIpc) is 2.93. The normalized spacial score (nSPS) is 14.3. The SMILES string of the molecule is CCc1nccn1C(CC)C(NC)c1ccccc1. The first-order valence-electron chi connectivity index (χ1n) is 7.05. The molecule has 0 aliphatic rings. The van der Waals surface area contributed by atoms with Crippen molar-refractivity contribution in [2.45, 2.75) is 38.8 Å². The largest absolute Gasteiger partial charge is 0.330 e. The highest BCUT2D eigenvalue weighted by molar-refractivity contribution is 5.20. The minimum absolute atomic E-state index is 0.311. The zero-order chi connectivity index (χ0) is 13.7. The zero-order valence-corrected chi connectivity index (χ0v) is 12.0. The summed E-state index contributed by atoms with van der Waals surface area (Å²) < 4.78 is 2.31. The van der Waals surface area contributed by atoms with Gasteiger partial charge in [0.1, 0.15) is 5.82 Å². The van der Waals surface area contributed by atoms with Gasteiger partial charge in [-0.3, -0.25) is 0 Å². The Bertz CT molecular complexity index is 490. The molecule has 0 amide bonds. The molecule has 1 heterocycles. The molecule has 2 unspecified atom stereocenters. The van der Waals surface area contributed by atoms with Crippen molar-refractivity contribution in [3.05, 3.63) is 54.1 Å². The van der Waals surface area contributed by atoms with Crippen LogP contribution in [-0.4, -0.2) is 16.6 Å². The van der Waals surface area contributed by atoms with Gasteiger partial charge < -0.3 is 9.88 Å². The summed E-state index contributed by atoms with van der Waals surface area (Å²) in [6, 6.07) is 11.3. The van der Waals surface area contributed by atoms with Crippen molar-refractivity contribution < 1.29 is 0 Å². The van der Waals surface area contributed by atoms with Crippen LogP contribution in [0.15, 0.2) is 42.7 Å².